The first-order valence-corrected chi connectivity index (χ1v) is 9.19. The minimum atomic E-state index is -3.73. The third kappa shape index (κ3) is 4.14. The van der Waals surface area contributed by atoms with Gasteiger partial charge in [0.2, 0.25) is 0 Å². The molecule has 0 radical (unpaired) electrons. The molecule has 1 aromatic heterocycles. The number of carbonyl (C=O) groups excluding carboxylic acids is 1. The number of hydrogen-bond acceptors (Lipinski definition) is 5. The molecule has 0 fully saturated rings. The van der Waals surface area contributed by atoms with E-state index in [-0.39, 0.29) is 4.90 Å². The molecule has 0 aliphatic heterocycles. The second-order valence-electron chi connectivity index (χ2n) is 5.25. The normalized spacial score (nSPS) is 11.3. The summed E-state index contributed by atoms with van der Waals surface area (Å²) in [6.07, 6.45) is 2.24. The maximum Gasteiger partial charge on any atom is 0.338 e. The monoisotopic (exact) mass is 351 g/mol. The zero-order valence-electron chi connectivity index (χ0n) is 13.9. The van der Waals surface area contributed by atoms with E-state index in [1.807, 2.05) is 13.8 Å². The molecule has 0 atom stereocenters. The lowest BCUT2D eigenvalue weighted by Gasteiger charge is -2.08. The van der Waals surface area contributed by atoms with Crippen molar-refractivity contribution in [3.63, 3.8) is 0 Å². The van der Waals surface area contributed by atoms with Gasteiger partial charge in [0, 0.05) is 18.4 Å². The number of anilines is 1. The molecule has 0 saturated heterocycles. The Morgan fingerprint density at radius 3 is 2.46 bits per heavy atom. The fourth-order valence-electron chi connectivity index (χ4n) is 2.09. The van der Waals surface area contributed by atoms with Gasteiger partial charge in [-0.1, -0.05) is 6.92 Å². The number of sulfonamides is 1. The lowest BCUT2D eigenvalue weighted by atomic mass is 10.2. The molecule has 130 valence electrons. The summed E-state index contributed by atoms with van der Waals surface area (Å²) in [5, 5.41) is 4.14. The largest absolute Gasteiger partial charge is 0.462 e. The lowest BCUT2D eigenvalue weighted by molar-refractivity contribution is 0.0505. The number of rotatable bonds is 7. The van der Waals surface area contributed by atoms with E-state index in [9.17, 15) is 13.2 Å². The van der Waals surface area contributed by atoms with Crippen LogP contribution in [-0.4, -0.2) is 30.8 Å². The smallest absolute Gasteiger partial charge is 0.338 e. The van der Waals surface area contributed by atoms with Crippen LogP contribution in [0.15, 0.2) is 35.4 Å². The number of nitrogens with one attached hydrogen (secondary N) is 1. The highest BCUT2D eigenvalue weighted by molar-refractivity contribution is 7.92. The first-order valence-electron chi connectivity index (χ1n) is 7.71. The average Bonchev–Trinajstić information content (AvgIpc) is 2.95. The Balaban J connectivity index is 2.15. The summed E-state index contributed by atoms with van der Waals surface area (Å²) in [6, 6.07) is 6.11. The van der Waals surface area contributed by atoms with Gasteiger partial charge in [-0.15, -0.1) is 0 Å². The van der Waals surface area contributed by atoms with Gasteiger partial charge in [0.25, 0.3) is 10.0 Å². The molecule has 1 N–H and O–H groups in total. The van der Waals surface area contributed by atoms with E-state index in [0.717, 1.165) is 6.42 Å². The fraction of sp³-hybridized carbons (Fsp3) is 0.375. The molecule has 0 amide bonds. The van der Waals surface area contributed by atoms with Crippen LogP contribution in [0.5, 0.6) is 0 Å². The van der Waals surface area contributed by atoms with Crippen LogP contribution >= 0.6 is 0 Å². The van der Waals surface area contributed by atoms with Crippen molar-refractivity contribution in [3.05, 3.63) is 41.7 Å². The van der Waals surface area contributed by atoms with E-state index in [1.54, 1.807) is 11.6 Å². The summed E-state index contributed by atoms with van der Waals surface area (Å²) in [7, 11) is -3.73. The molecule has 0 bridgehead atoms. The Labute approximate surface area is 141 Å². The zero-order valence-corrected chi connectivity index (χ0v) is 14.8. The van der Waals surface area contributed by atoms with Gasteiger partial charge in [0.15, 0.2) is 0 Å². The lowest BCUT2D eigenvalue weighted by Crippen LogP contribution is -2.13. The molecule has 0 unspecified atom stereocenters. The Hall–Kier alpha value is -2.35. The minimum Gasteiger partial charge on any atom is -0.462 e. The fourth-order valence-corrected chi connectivity index (χ4v) is 3.33. The SMILES string of the molecule is CCCOC(=O)c1ccc(NS(=O)(=O)c2cn(CC)nc2C)cc1. The van der Waals surface area contributed by atoms with Gasteiger partial charge in [-0.25, -0.2) is 13.2 Å². The summed E-state index contributed by atoms with van der Waals surface area (Å²) < 4.78 is 34.0. The number of aromatic nitrogens is 2. The molecule has 8 heteroatoms. The molecule has 0 spiro atoms. The van der Waals surface area contributed by atoms with Crippen molar-refractivity contribution < 1.29 is 17.9 Å². The minimum absolute atomic E-state index is 0.135. The highest BCUT2D eigenvalue weighted by Gasteiger charge is 2.20. The van der Waals surface area contributed by atoms with E-state index >= 15 is 0 Å². The molecular formula is C16H21N3O4S. The van der Waals surface area contributed by atoms with Crippen molar-refractivity contribution in [2.24, 2.45) is 0 Å². The molecule has 0 saturated carbocycles. The maximum atomic E-state index is 12.5. The number of aryl methyl sites for hydroxylation is 2. The summed E-state index contributed by atoms with van der Waals surface area (Å²) in [6.45, 7) is 6.38. The molecule has 0 aliphatic carbocycles. The van der Waals surface area contributed by atoms with Crippen molar-refractivity contribution in [2.75, 3.05) is 11.3 Å². The summed E-state index contributed by atoms with van der Waals surface area (Å²) in [5.74, 6) is -0.425. The Morgan fingerprint density at radius 2 is 1.92 bits per heavy atom. The summed E-state index contributed by atoms with van der Waals surface area (Å²) >= 11 is 0. The van der Waals surface area contributed by atoms with Crippen molar-refractivity contribution in [1.82, 2.24) is 9.78 Å². The van der Waals surface area contributed by atoms with E-state index in [2.05, 4.69) is 9.82 Å². The van der Waals surface area contributed by atoms with Gasteiger partial charge in [-0.3, -0.25) is 9.40 Å². The molecule has 24 heavy (non-hydrogen) atoms. The molecular weight excluding hydrogens is 330 g/mol. The van der Waals surface area contributed by atoms with E-state index in [4.69, 9.17) is 4.74 Å². The molecule has 2 aromatic rings. The zero-order chi connectivity index (χ0) is 17.7. The van der Waals surface area contributed by atoms with Crippen molar-refractivity contribution >= 4 is 21.7 Å². The highest BCUT2D eigenvalue weighted by Crippen LogP contribution is 2.19. The molecule has 2 rings (SSSR count). The van der Waals surface area contributed by atoms with E-state index in [0.29, 0.717) is 30.1 Å². The first-order chi connectivity index (χ1) is 11.4. The average molecular weight is 351 g/mol. The van der Waals surface area contributed by atoms with Crippen molar-refractivity contribution in [1.29, 1.82) is 0 Å². The molecule has 0 aliphatic rings. The second kappa shape index (κ2) is 7.48. The predicted octanol–water partition coefficient (Wildman–Crippen LogP) is 2.58. The Kier molecular flexibility index (Phi) is 5.61. The van der Waals surface area contributed by atoms with Crippen LogP contribution in [-0.2, 0) is 21.3 Å². The topological polar surface area (TPSA) is 90.3 Å². The van der Waals surface area contributed by atoms with Crippen LogP contribution in [0.4, 0.5) is 5.69 Å². The van der Waals surface area contributed by atoms with Crippen LogP contribution in [0, 0.1) is 6.92 Å². The van der Waals surface area contributed by atoms with Crippen LogP contribution in [0.3, 0.4) is 0 Å². The first kappa shape index (κ1) is 18.0. The second-order valence-corrected chi connectivity index (χ2v) is 6.90. The molecule has 7 nitrogen and oxygen atoms in total. The number of hydrogen-bond donors (Lipinski definition) is 1. The quantitative estimate of drug-likeness (QED) is 0.774. The summed E-state index contributed by atoms with van der Waals surface area (Å²) in [5.41, 5.74) is 1.18. The Morgan fingerprint density at radius 1 is 1.25 bits per heavy atom. The number of nitrogens with zero attached hydrogens (tertiary/aromatic N) is 2. The summed E-state index contributed by atoms with van der Waals surface area (Å²) in [4.78, 5) is 11.9. The van der Waals surface area contributed by atoms with E-state index < -0.39 is 16.0 Å². The maximum absolute atomic E-state index is 12.5. The third-order valence-corrected chi connectivity index (χ3v) is 4.81. The van der Waals surface area contributed by atoms with Gasteiger partial charge < -0.3 is 4.74 Å². The third-order valence-electron chi connectivity index (χ3n) is 3.32. The predicted molar refractivity (Wildman–Crippen MR) is 90.5 cm³/mol. The van der Waals surface area contributed by atoms with Gasteiger partial charge in [0.05, 0.1) is 17.9 Å². The van der Waals surface area contributed by atoms with Crippen LogP contribution in [0.25, 0.3) is 0 Å². The number of esters is 1. The highest BCUT2D eigenvalue weighted by atomic mass is 32.2. The van der Waals surface area contributed by atoms with Crippen molar-refractivity contribution in [3.8, 4) is 0 Å². The Bertz CT molecular complexity index is 810. The standard InChI is InChI=1S/C16H21N3O4S/c1-4-10-23-16(20)13-6-8-14(9-7-13)18-24(21,22)15-11-19(5-2)17-12(15)3/h6-9,11,18H,4-5,10H2,1-3H3. The number of carbonyl (C=O) groups is 1. The van der Waals surface area contributed by atoms with Gasteiger partial charge in [0.1, 0.15) is 4.90 Å². The number of benzene rings is 1. The van der Waals surface area contributed by atoms with Gasteiger partial charge in [-0.05, 0) is 44.5 Å². The van der Waals surface area contributed by atoms with Crippen LogP contribution < -0.4 is 4.72 Å². The van der Waals surface area contributed by atoms with Gasteiger partial charge >= 0.3 is 5.97 Å². The van der Waals surface area contributed by atoms with E-state index in [1.165, 1.54) is 30.5 Å². The van der Waals surface area contributed by atoms with Crippen molar-refractivity contribution in [2.45, 2.75) is 38.6 Å². The van der Waals surface area contributed by atoms with Crippen LogP contribution in [0.2, 0.25) is 0 Å². The molecule has 1 aromatic carbocycles. The number of ether oxygens (including phenoxy) is 1. The van der Waals surface area contributed by atoms with Gasteiger partial charge in [-0.2, -0.15) is 5.10 Å². The molecule has 1 heterocycles. The van der Waals surface area contributed by atoms with Crippen LogP contribution in [0.1, 0.15) is 36.3 Å².